The van der Waals surface area contributed by atoms with E-state index in [1.165, 1.54) is 23.9 Å². The summed E-state index contributed by atoms with van der Waals surface area (Å²) in [5.41, 5.74) is 5.84. The van der Waals surface area contributed by atoms with E-state index < -0.39 is 66.7 Å². The first-order valence-corrected chi connectivity index (χ1v) is 14.4. The normalized spacial score (nSPS) is 12.9. The standard InChI is InChI=1S/C26H40N6O8S/c1-15(2)10-19(24(38)29-14-23(36)37)32-25(39)18(8-9-41-3)31-26(40)20(11-16-4-6-17(33)7-5-16)30-22(35)13-28-21(34)12-27/h4-7,15,18-20,33H,8-14,27H2,1-3H3,(H,28,34)(H,29,38)(H,30,35)(H,31,40)(H,32,39)(H,36,37)/t18-,19-,20-/m0/s1. The Balaban J connectivity index is 3.12. The first kappa shape index (κ1) is 35.2. The van der Waals surface area contributed by atoms with Gasteiger partial charge in [-0.3, -0.25) is 28.8 Å². The fourth-order valence-electron chi connectivity index (χ4n) is 3.61. The summed E-state index contributed by atoms with van der Waals surface area (Å²) >= 11 is 1.44. The van der Waals surface area contributed by atoms with Gasteiger partial charge in [0.05, 0.1) is 13.1 Å². The van der Waals surface area contributed by atoms with Crippen molar-refractivity contribution in [1.29, 1.82) is 0 Å². The predicted octanol–water partition coefficient (Wildman–Crippen LogP) is -1.54. The van der Waals surface area contributed by atoms with E-state index in [0.29, 0.717) is 11.3 Å². The van der Waals surface area contributed by atoms with Crippen LogP contribution in [0.25, 0.3) is 0 Å². The van der Waals surface area contributed by atoms with Crippen LogP contribution in [-0.2, 0) is 35.2 Å². The molecule has 0 bridgehead atoms. The minimum Gasteiger partial charge on any atom is -0.508 e. The third-order valence-electron chi connectivity index (χ3n) is 5.66. The Kier molecular flexibility index (Phi) is 15.9. The Bertz CT molecular complexity index is 1050. The van der Waals surface area contributed by atoms with E-state index in [1.807, 2.05) is 20.1 Å². The lowest BCUT2D eigenvalue weighted by Crippen LogP contribution is -2.58. The lowest BCUT2D eigenvalue weighted by Gasteiger charge is -2.26. The van der Waals surface area contributed by atoms with Crippen LogP contribution >= 0.6 is 11.8 Å². The van der Waals surface area contributed by atoms with Gasteiger partial charge < -0.3 is 42.5 Å². The average molecular weight is 597 g/mol. The summed E-state index contributed by atoms with van der Waals surface area (Å²) in [7, 11) is 0. The zero-order valence-corrected chi connectivity index (χ0v) is 24.2. The minimum atomic E-state index is -1.23. The molecule has 1 aromatic carbocycles. The van der Waals surface area contributed by atoms with Crippen molar-refractivity contribution in [1.82, 2.24) is 26.6 Å². The topological polar surface area (TPSA) is 229 Å². The van der Waals surface area contributed by atoms with Crippen molar-refractivity contribution in [3.63, 3.8) is 0 Å². The predicted molar refractivity (Wildman–Crippen MR) is 153 cm³/mol. The van der Waals surface area contributed by atoms with Gasteiger partial charge >= 0.3 is 5.97 Å². The number of aromatic hydroxyl groups is 1. The van der Waals surface area contributed by atoms with Gasteiger partial charge in [0.1, 0.15) is 30.4 Å². The average Bonchev–Trinajstić information content (AvgIpc) is 2.92. The maximum atomic E-state index is 13.4. The van der Waals surface area contributed by atoms with Crippen LogP contribution in [-0.4, -0.2) is 95.5 Å². The van der Waals surface area contributed by atoms with Crippen LogP contribution in [0, 0.1) is 5.92 Å². The zero-order valence-electron chi connectivity index (χ0n) is 23.4. The maximum absolute atomic E-state index is 13.4. The number of thioether (sulfide) groups is 1. The van der Waals surface area contributed by atoms with Crippen LogP contribution in [0.2, 0.25) is 0 Å². The van der Waals surface area contributed by atoms with Gasteiger partial charge in [-0.15, -0.1) is 0 Å². The summed E-state index contributed by atoms with van der Waals surface area (Å²) < 4.78 is 0. The van der Waals surface area contributed by atoms with Gasteiger partial charge in [-0.05, 0) is 48.5 Å². The lowest BCUT2D eigenvalue weighted by molar-refractivity contribution is -0.138. The first-order valence-electron chi connectivity index (χ1n) is 13.0. The Labute approximate surface area is 243 Å². The number of aliphatic carboxylic acids is 1. The molecule has 0 aromatic heterocycles. The van der Waals surface area contributed by atoms with Crippen molar-refractivity contribution in [3.05, 3.63) is 29.8 Å². The van der Waals surface area contributed by atoms with Crippen molar-refractivity contribution in [3.8, 4) is 5.75 Å². The fourth-order valence-corrected chi connectivity index (χ4v) is 4.08. The first-order chi connectivity index (χ1) is 19.4. The van der Waals surface area contributed by atoms with Crippen molar-refractivity contribution in [2.75, 3.05) is 31.6 Å². The van der Waals surface area contributed by atoms with Crippen molar-refractivity contribution >= 4 is 47.3 Å². The van der Waals surface area contributed by atoms with Gasteiger partial charge in [0.15, 0.2) is 0 Å². The number of carboxylic acid groups (broad SMARTS) is 1. The highest BCUT2D eigenvalue weighted by atomic mass is 32.2. The third kappa shape index (κ3) is 14.4. The number of phenols is 1. The molecule has 14 nitrogen and oxygen atoms in total. The van der Waals surface area contributed by atoms with Gasteiger partial charge in [0.2, 0.25) is 29.5 Å². The van der Waals surface area contributed by atoms with Crippen LogP contribution in [0.5, 0.6) is 5.75 Å². The number of nitrogens with two attached hydrogens (primary N) is 1. The van der Waals surface area contributed by atoms with E-state index in [9.17, 15) is 33.9 Å². The molecule has 9 N–H and O–H groups in total. The third-order valence-corrected chi connectivity index (χ3v) is 6.30. The quantitative estimate of drug-likeness (QED) is 0.0974. The number of rotatable bonds is 18. The molecule has 0 fully saturated rings. The van der Waals surface area contributed by atoms with Gasteiger partial charge in [-0.2, -0.15) is 11.8 Å². The van der Waals surface area contributed by atoms with E-state index >= 15 is 0 Å². The Morgan fingerprint density at radius 2 is 1.44 bits per heavy atom. The lowest BCUT2D eigenvalue weighted by atomic mass is 10.0. The summed E-state index contributed by atoms with van der Waals surface area (Å²) in [5, 5.41) is 30.9. The molecule has 5 amide bonds. The molecular weight excluding hydrogens is 556 g/mol. The number of nitrogens with one attached hydrogen (secondary N) is 5. The van der Waals surface area contributed by atoms with Crippen LogP contribution in [0.15, 0.2) is 24.3 Å². The molecule has 41 heavy (non-hydrogen) atoms. The molecular formula is C26H40N6O8S. The monoisotopic (exact) mass is 596 g/mol. The molecule has 0 radical (unpaired) electrons. The van der Waals surface area contributed by atoms with Crippen LogP contribution in [0.4, 0.5) is 0 Å². The number of benzene rings is 1. The summed E-state index contributed by atoms with van der Waals surface area (Å²) in [6, 6.07) is 2.72. The number of phenolic OH excluding ortho intramolecular Hbond substituents is 1. The zero-order chi connectivity index (χ0) is 30.9. The molecule has 228 valence electrons. The van der Waals surface area contributed by atoms with Gasteiger partial charge in [0.25, 0.3) is 0 Å². The second kappa shape index (κ2) is 18.5. The number of hydrogen-bond donors (Lipinski definition) is 8. The Morgan fingerprint density at radius 3 is 2.00 bits per heavy atom. The molecule has 0 heterocycles. The van der Waals surface area contributed by atoms with E-state index in [-0.39, 0.29) is 37.5 Å². The Hall–Kier alpha value is -3.85. The van der Waals surface area contributed by atoms with Crippen LogP contribution < -0.4 is 32.3 Å². The highest BCUT2D eigenvalue weighted by Crippen LogP contribution is 2.12. The largest absolute Gasteiger partial charge is 0.508 e. The number of hydrogen-bond acceptors (Lipinski definition) is 9. The molecule has 0 aliphatic carbocycles. The van der Waals surface area contributed by atoms with E-state index in [0.717, 1.165) is 0 Å². The van der Waals surface area contributed by atoms with Gasteiger partial charge in [-0.25, -0.2) is 0 Å². The molecule has 0 saturated carbocycles. The second-order valence-corrected chi connectivity index (χ2v) is 10.6. The molecule has 0 aliphatic rings. The number of amides is 5. The molecule has 0 spiro atoms. The minimum absolute atomic E-state index is 0.00707. The molecule has 1 rings (SSSR count). The van der Waals surface area contributed by atoms with E-state index in [1.54, 1.807) is 12.1 Å². The number of carboxylic acids is 1. The summed E-state index contributed by atoms with van der Waals surface area (Å²) in [6.07, 6.45) is 2.26. The van der Waals surface area contributed by atoms with Gasteiger partial charge in [-0.1, -0.05) is 26.0 Å². The molecule has 0 aliphatic heterocycles. The highest BCUT2D eigenvalue weighted by Gasteiger charge is 2.30. The van der Waals surface area contributed by atoms with Crippen molar-refractivity contribution < 1.29 is 39.0 Å². The summed E-state index contributed by atoms with van der Waals surface area (Å²) in [6.45, 7) is 2.32. The van der Waals surface area contributed by atoms with Crippen LogP contribution in [0.1, 0.15) is 32.3 Å². The van der Waals surface area contributed by atoms with Crippen LogP contribution in [0.3, 0.4) is 0 Å². The second-order valence-electron chi connectivity index (χ2n) is 9.62. The number of carbonyl (C=O) groups excluding carboxylic acids is 5. The van der Waals surface area contributed by atoms with Gasteiger partial charge in [0, 0.05) is 6.42 Å². The van der Waals surface area contributed by atoms with E-state index in [4.69, 9.17) is 10.8 Å². The smallest absolute Gasteiger partial charge is 0.322 e. The van der Waals surface area contributed by atoms with E-state index in [2.05, 4.69) is 26.6 Å². The highest BCUT2D eigenvalue weighted by molar-refractivity contribution is 7.98. The molecule has 0 saturated heterocycles. The SMILES string of the molecule is CSCC[C@H](NC(=O)[C@H](Cc1ccc(O)cc1)NC(=O)CNC(=O)CN)C(=O)N[C@@H](CC(C)C)C(=O)NCC(=O)O. The molecule has 3 atom stereocenters. The fraction of sp³-hybridized carbons (Fsp3) is 0.538. The Morgan fingerprint density at radius 1 is 0.829 bits per heavy atom. The molecule has 1 aromatic rings. The summed E-state index contributed by atoms with van der Waals surface area (Å²) in [4.78, 5) is 74.0. The molecule has 0 unspecified atom stereocenters. The summed E-state index contributed by atoms with van der Waals surface area (Å²) in [5.74, 6) is -3.97. The van der Waals surface area contributed by atoms with Crippen molar-refractivity contribution in [2.45, 2.75) is 51.2 Å². The number of carbonyl (C=O) groups is 6. The maximum Gasteiger partial charge on any atom is 0.322 e. The molecule has 15 heteroatoms. The van der Waals surface area contributed by atoms with Crippen molar-refractivity contribution in [2.24, 2.45) is 11.7 Å².